The zero-order chi connectivity index (χ0) is 22.7. The van der Waals surface area contributed by atoms with Crippen molar-refractivity contribution in [1.82, 2.24) is 0 Å². The number of rotatable bonds is 2. The number of hydrogen-bond acceptors (Lipinski definition) is 4. The van der Waals surface area contributed by atoms with Crippen LogP contribution in [0.2, 0.25) is 5.02 Å². The van der Waals surface area contributed by atoms with Crippen molar-refractivity contribution in [3.05, 3.63) is 107 Å². The van der Waals surface area contributed by atoms with Crippen molar-refractivity contribution in [1.29, 1.82) is 0 Å². The highest BCUT2D eigenvalue weighted by molar-refractivity contribution is 6.30. The number of fused-ring (bicyclic) bond motifs is 4. The molecular weight excluding hydrogens is 438 g/mol. The average molecular weight is 456 g/mol. The molecule has 1 aliphatic carbocycles. The molecule has 162 valence electrons. The Hall–Kier alpha value is -3.70. The van der Waals surface area contributed by atoms with Gasteiger partial charge in [-0.2, -0.15) is 0 Å². The third-order valence-electron chi connectivity index (χ3n) is 6.69. The van der Waals surface area contributed by atoms with Gasteiger partial charge < -0.3 is 4.74 Å². The molecule has 3 aliphatic rings. The molecule has 0 bridgehead atoms. The van der Waals surface area contributed by atoms with Gasteiger partial charge in [0.1, 0.15) is 11.9 Å². The van der Waals surface area contributed by atoms with Gasteiger partial charge in [-0.1, -0.05) is 60.1 Å². The number of halogens is 1. The number of imide groups is 1. The number of Topliss-reactive ketones (excluding diaryl/α,β-unsaturated/α-hetero) is 1. The fourth-order valence-electron chi connectivity index (χ4n) is 5.21. The van der Waals surface area contributed by atoms with Crippen LogP contribution in [0.25, 0.3) is 0 Å². The number of benzene rings is 3. The van der Waals surface area contributed by atoms with Gasteiger partial charge in [0, 0.05) is 16.5 Å². The zero-order valence-electron chi connectivity index (χ0n) is 17.4. The van der Waals surface area contributed by atoms with Gasteiger partial charge in [0.15, 0.2) is 5.78 Å². The van der Waals surface area contributed by atoms with Crippen LogP contribution in [0.1, 0.15) is 21.8 Å². The number of carbonyl (C=O) groups is 3. The number of amides is 2. The van der Waals surface area contributed by atoms with Crippen LogP contribution in [0.4, 0.5) is 5.69 Å². The van der Waals surface area contributed by atoms with Crippen LogP contribution in [0.5, 0.6) is 5.75 Å². The summed E-state index contributed by atoms with van der Waals surface area (Å²) in [7, 11) is 0. The summed E-state index contributed by atoms with van der Waals surface area (Å²) in [5.41, 5.74) is 2.22. The van der Waals surface area contributed by atoms with E-state index in [1.54, 1.807) is 60.7 Å². The summed E-state index contributed by atoms with van der Waals surface area (Å²) in [5, 5.41) is 0.572. The van der Waals surface area contributed by atoms with Gasteiger partial charge in [-0.25, -0.2) is 4.90 Å². The maximum Gasteiger partial charge on any atom is 0.241 e. The third kappa shape index (κ3) is 2.96. The highest BCUT2D eigenvalue weighted by Gasteiger charge is 2.59. The maximum absolute atomic E-state index is 13.7. The monoisotopic (exact) mass is 455 g/mol. The van der Waals surface area contributed by atoms with Gasteiger partial charge in [0.05, 0.1) is 23.1 Å². The van der Waals surface area contributed by atoms with Gasteiger partial charge in [0.2, 0.25) is 11.8 Å². The van der Waals surface area contributed by atoms with E-state index in [1.165, 1.54) is 4.90 Å². The van der Waals surface area contributed by atoms with E-state index in [2.05, 4.69) is 0 Å². The Bertz CT molecular complexity index is 1330. The van der Waals surface area contributed by atoms with Crippen LogP contribution >= 0.6 is 11.6 Å². The van der Waals surface area contributed by atoms with Gasteiger partial charge >= 0.3 is 0 Å². The lowest BCUT2D eigenvalue weighted by molar-refractivity contribution is -0.123. The van der Waals surface area contributed by atoms with Crippen molar-refractivity contribution in [3.8, 4) is 5.75 Å². The number of hydrogen-bond donors (Lipinski definition) is 0. The fourth-order valence-corrected chi connectivity index (χ4v) is 5.33. The minimum atomic E-state index is -0.814. The third-order valence-corrected chi connectivity index (χ3v) is 6.95. The molecule has 3 aromatic rings. The summed E-state index contributed by atoms with van der Waals surface area (Å²) >= 11 is 6.09. The predicted molar refractivity (Wildman–Crippen MR) is 123 cm³/mol. The molecule has 0 aromatic heterocycles. The number of ether oxygens (including phenoxy) is 1. The molecule has 0 N–H and O–H groups in total. The van der Waals surface area contributed by atoms with E-state index in [0.717, 1.165) is 5.56 Å². The second kappa shape index (κ2) is 7.42. The maximum atomic E-state index is 13.7. The van der Waals surface area contributed by atoms with E-state index in [-0.39, 0.29) is 17.6 Å². The fraction of sp³-hybridized carbons (Fsp3) is 0.148. The van der Waals surface area contributed by atoms with Crippen LogP contribution in [0.15, 0.2) is 90.5 Å². The second-order valence-corrected chi connectivity index (χ2v) is 8.90. The van der Waals surface area contributed by atoms with Crippen LogP contribution in [0, 0.1) is 11.8 Å². The van der Waals surface area contributed by atoms with Crippen molar-refractivity contribution >= 4 is 34.9 Å². The lowest BCUT2D eigenvalue weighted by atomic mass is 9.68. The zero-order valence-corrected chi connectivity index (χ0v) is 18.1. The molecule has 2 amide bonds. The molecule has 1 fully saturated rings. The Morgan fingerprint density at radius 3 is 2.18 bits per heavy atom. The molecule has 6 heteroatoms. The molecule has 2 aliphatic heterocycles. The number of nitrogens with zero attached hydrogens (tertiary/aromatic N) is 1. The summed E-state index contributed by atoms with van der Waals surface area (Å²) in [6.07, 6.45) is 0.999. The number of carbonyl (C=O) groups excluding carboxylic acids is 3. The smallest absolute Gasteiger partial charge is 0.241 e. The topological polar surface area (TPSA) is 63.7 Å². The molecular formula is C27H18ClNO4. The van der Waals surface area contributed by atoms with Crippen LogP contribution < -0.4 is 9.64 Å². The number of anilines is 1. The lowest BCUT2D eigenvalue weighted by Crippen LogP contribution is -2.46. The van der Waals surface area contributed by atoms with Crippen LogP contribution in [-0.2, 0) is 9.59 Å². The largest absolute Gasteiger partial charge is 0.484 e. The van der Waals surface area contributed by atoms with E-state index in [9.17, 15) is 14.4 Å². The lowest BCUT2D eigenvalue weighted by Gasteiger charge is -2.38. The molecule has 0 unspecified atom stereocenters. The minimum absolute atomic E-state index is 0.169. The van der Waals surface area contributed by atoms with Crippen molar-refractivity contribution < 1.29 is 19.1 Å². The van der Waals surface area contributed by atoms with E-state index in [0.29, 0.717) is 27.6 Å². The van der Waals surface area contributed by atoms with Crippen molar-refractivity contribution in [3.63, 3.8) is 0 Å². The molecule has 6 rings (SSSR count). The SMILES string of the molecule is O=C1C2=C[C@H](c3ccc(Cl)cc3)[C@H]3C(=O)N(c4ccccc4)C(=O)[C@H]3[C@@H]2Oc2ccccc21. The molecule has 1 saturated heterocycles. The van der Waals surface area contributed by atoms with Crippen molar-refractivity contribution in [2.24, 2.45) is 11.8 Å². The van der Waals surface area contributed by atoms with E-state index >= 15 is 0 Å². The first kappa shape index (κ1) is 19.9. The highest BCUT2D eigenvalue weighted by atomic mass is 35.5. The van der Waals surface area contributed by atoms with Crippen LogP contribution in [-0.4, -0.2) is 23.7 Å². The normalized spacial score (nSPS) is 25.7. The molecule has 4 atom stereocenters. The van der Waals surface area contributed by atoms with E-state index in [1.807, 2.05) is 24.3 Å². The number of ketones is 1. The van der Waals surface area contributed by atoms with Gasteiger partial charge in [-0.3, -0.25) is 14.4 Å². The molecule has 33 heavy (non-hydrogen) atoms. The molecule has 0 saturated carbocycles. The van der Waals surface area contributed by atoms with Gasteiger partial charge in [0.25, 0.3) is 0 Å². The summed E-state index contributed by atoms with van der Waals surface area (Å²) < 4.78 is 6.22. The summed E-state index contributed by atoms with van der Waals surface area (Å²) in [6, 6.07) is 23.1. The number of para-hydroxylation sites is 2. The summed E-state index contributed by atoms with van der Waals surface area (Å²) in [4.78, 5) is 42.1. The Morgan fingerprint density at radius 2 is 1.42 bits per heavy atom. The van der Waals surface area contributed by atoms with E-state index < -0.39 is 23.9 Å². The first-order valence-electron chi connectivity index (χ1n) is 10.7. The molecule has 0 radical (unpaired) electrons. The molecule has 0 spiro atoms. The van der Waals surface area contributed by atoms with Gasteiger partial charge in [-0.05, 0) is 42.0 Å². The summed E-state index contributed by atoms with van der Waals surface area (Å²) in [5.74, 6) is -2.33. The first-order valence-corrected chi connectivity index (χ1v) is 11.1. The molecule has 5 nitrogen and oxygen atoms in total. The van der Waals surface area contributed by atoms with Crippen LogP contribution in [0.3, 0.4) is 0 Å². The Morgan fingerprint density at radius 1 is 0.758 bits per heavy atom. The Kier molecular flexibility index (Phi) is 4.49. The van der Waals surface area contributed by atoms with E-state index in [4.69, 9.17) is 16.3 Å². The van der Waals surface area contributed by atoms with Gasteiger partial charge in [-0.15, -0.1) is 0 Å². The second-order valence-electron chi connectivity index (χ2n) is 8.46. The quantitative estimate of drug-likeness (QED) is 0.520. The van der Waals surface area contributed by atoms with Crippen molar-refractivity contribution in [2.45, 2.75) is 12.0 Å². The number of allylic oxidation sites excluding steroid dienone is 1. The Balaban J connectivity index is 1.53. The standard InChI is InChI=1S/C27H18ClNO4/c28-16-12-10-15(11-13-16)19-14-20-24(30)18-8-4-5-9-21(18)33-25(20)23-22(19)26(31)29(27(23)32)17-6-2-1-3-7-17/h1-14,19,22-23,25H/t19-,22-,23-,25-/m1/s1. The molecule has 2 heterocycles. The predicted octanol–water partition coefficient (Wildman–Crippen LogP) is 4.81. The molecule has 3 aromatic carbocycles. The minimum Gasteiger partial charge on any atom is -0.484 e. The summed E-state index contributed by atoms with van der Waals surface area (Å²) in [6.45, 7) is 0. The average Bonchev–Trinajstić information content (AvgIpc) is 3.11. The highest BCUT2D eigenvalue weighted by Crippen LogP contribution is 2.50. The van der Waals surface area contributed by atoms with Crippen molar-refractivity contribution in [2.75, 3.05) is 4.90 Å². The Labute approximate surface area is 195 Å². The first-order chi connectivity index (χ1) is 16.0.